The lowest BCUT2D eigenvalue weighted by atomic mass is 10.2. The van der Waals surface area contributed by atoms with Gasteiger partial charge in [-0.25, -0.2) is 4.79 Å². The molecule has 0 saturated carbocycles. The van der Waals surface area contributed by atoms with E-state index in [1.165, 1.54) is 0 Å². The zero-order valence-corrected chi connectivity index (χ0v) is 6.25. The summed E-state index contributed by atoms with van der Waals surface area (Å²) in [5.74, 6) is -1.07. The average Bonchev–Trinajstić information content (AvgIpc) is 2.50. The minimum Gasteiger partial charge on any atom is -0.569 e. The summed E-state index contributed by atoms with van der Waals surface area (Å²) in [5, 5.41) is 30.7. The third-order valence-corrected chi connectivity index (χ3v) is 1.81. The number of carboxylic acid groups (broad SMARTS) is 1. The minimum absolute atomic E-state index is 0.0915. The van der Waals surface area contributed by atoms with Crippen LogP contribution in [0.3, 0.4) is 0 Å². The molecule has 12 heavy (non-hydrogen) atoms. The highest BCUT2D eigenvalue weighted by molar-refractivity contribution is 5.73. The van der Waals surface area contributed by atoms with Crippen LogP contribution in [0.25, 0.3) is 0 Å². The fourth-order valence-corrected chi connectivity index (χ4v) is 1.26. The maximum absolute atomic E-state index is 10.7. The number of nitrogens with zero attached hydrogens (tertiary/aromatic N) is 3. The largest absolute Gasteiger partial charge is 0.569 e. The van der Waals surface area contributed by atoms with Crippen LogP contribution in [-0.2, 0) is 4.79 Å². The number of rotatable bonds is 2. The third kappa shape index (κ3) is 1.39. The summed E-state index contributed by atoms with van der Waals surface area (Å²) < 4.78 is 0. The van der Waals surface area contributed by atoms with Gasteiger partial charge in [-0.1, -0.05) is 0 Å². The second kappa shape index (κ2) is 3.24. The van der Waals surface area contributed by atoms with Gasteiger partial charge in [0.05, 0.1) is 11.5 Å². The van der Waals surface area contributed by atoms with Gasteiger partial charge in [-0.15, -0.1) is 5.01 Å². The molecule has 1 fully saturated rings. The molecular formula is C5H9N3O4. The molecule has 0 radical (unpaired) electrons. The highest BCUT2D eigenvalue weighted by atomic mass is 16.6. The first kappa shape index (κ1) is 8.57. The Hall–Kier alpha value is -1.53. The Balaban J connectivity index is 2.70. The molecule has 1 rings (SSSR count). The molecule has 1 aliphatic heterocycles. The molecule has 0 aromatic rings. The predicted octanol–water partition coefficient (Wildman–Crippen LogP) is -0.198. The number of hydrazine groups is 1. The normalized spacial score (nSPS) is 24.5. The second-order valence-electron chi connectivity index (χ2n) is 2.50. The van der Waals surface area contributed by atoms with E-state index in [2.05, 4.69) is 5.28 Å². The van der Waals surface area contributed by atoms with Crippen LogP contribution in [-0.4, -0.2) is 38.8 Å². The summed E-state index contributed by atoms with van der Waals surface area (Å²) in [6.07, 6.45) is 1.02. The molecule has 0 amide bonds. The molecule has 2 N–H and O–H groups in total. The Morgan fingerprint density at radius 3 is 2.92 bits per heavy atom. The molecule has 1 saturated heterocycles. The van der Waals surface area contributed by atoms with E-state index < -0.39 is 12.0 Å². The minimum atomic E-state index is -1.07. The summed E-state index contributed by atoms with van der Waals surface area (Å²) >= 11 is 0. The highest BCUT2D eigenvalue weighted by Gasteiger charge is 2.36. The van der Waals surface area contributed by atoms with Crippen LogP contribution in [0.2, 0.25) is 0 Å². The van der Waals surface area contributed by atoms with Crippen molar-refractivity contribution in [3.05, 3.63) is 5.21 Å². The van der Waals surface area contributed by atoms with Crippen molar-refractivity contribution in [3.63, 3.8) is 0 Å². The summed E-state index contributed by atoms with van der Waals surface area (Å²) in [4.78, 5) is 10.4. The van der Waals surface area contributed by atoms with Gasteiger partial charge in [-0.3, -0.25) is 0 Å². The lowest BCUT2D eigenvalue weighted by molar-refractivity contribution is -0.710. The van der Waals surface area contributed by atoms with Crippen molar-refractivity contribution < 1.29 is 20.1 Å². The van der Waals surface area contributed by atoms with Gasteiger partial charge >= 0.3 is 5.97 Å². The molecule has 0 aliphatic carbocycles. The van der Waals surface area contributed by atoms with Crippen LogP contribution in [0.1, 0.15) is 12.8 Å². The number of carbonyl (C=O) groups is 1. The molecule has 0 bridgehead atoms. The fourth-order valence-electron chi connectivity index (χ4n) is 1.26. The molecule has 0 aromatic heterocycles. The SMILES string of the molecule is O=C(O)[C@@H]1CCCN1/[N+]([O-])=N/O. The molecule has 0 unspecified atom stereocenters. The van der Waals surface area contributed by atoms with Crippen LogP contribution in [0, 0.1) is 5.21 Å². The molecule has 1 aliphatic rings. The van der Waals surface area contributed by atoms with Gasteiger partial charge in [0.15, 0.2) is 6.04 Å². The molecular weight excluding hydrogens is 166 g/mol. The Kier molecular flexibility index (Phi) is 2.32. The van der Waals surface area contributed by atoms with Gasteiger partial charge in [-0.05, 0) is 12.8 Å². The van der Waals surface area contributed by atoms with E-state index >= 15 is 0 Å². The highest BCUT2D eigenvalue weighted by Crippen LogP contribution is 2.16. The molecule has 0 aromatic carbocycles. The van der Waals surface area contributed by atoms with Gasteiger partial charge in [0, 0.05) is 0 Å². The van der Waals surface area contributed by atoms with Gasteiger partial charge in [-0.2, -0.15) is 0 Å². The van der Waals surface area contributed by atoms with Gasteiger partial charge < -0.3 is 15.5 Å². The maximum atomic E-state index is 10.7. The monoisotopic (exact) mass is 175 g/mol. The van der Waals surface area contributed by atoms with Crippen LogP contribution >= 0.6 is 0 Å². The Bertz CT molecular complexity index is 217. The standard InChI is InChI=1S/C5H9N3O4/c9-5(10)4-2-1-3-7(4)8(12)6-11/h4,11H,1-3H2,(H,9,10)/b8-6-/t4-/m0/s1. The molecule has 1 atom stereocenters. The van der Waals surface area contributed by atoms with Crippen molar-refractivity contribution >= 4 is 5.97 Å². The number of hydrogen-bond donors (Lipinski definition) is 2. The quantitative estimate of drug-likeness (QED) is 0.344. The first-order chi connectivity index (χ1) is 5.66. The van der Waals surface area contributed by atoms with Crippen LogP contribution in [0.4, 0.5) is 0 Å². The summed E-state index contributed by atoms with van der Waals surface area (Å²) in [5.41, 5.74) is 0. The first-order valence-electron chi connectivity index (χ1n) is 3.48. The zero-order valence-electron chi connectivity index (χ0n) is 6.25. The number of carboxylic acids is 1. The van der Waals surface area contributed by atoms with Crippen molar-refractivity contribution in [1.29, 1.82) is 0 Å². The summed E-state index contributed by atoms with van der Waals surface area (Å²) in [7, 11) is 0. The van der Waals surface area contributed by atoms with E-state index in [9.17, 15) is 10.0 Å². The zero-order chi connectivity index (χ0) is 9.14. The van der Waals surface area contributed by atoms with Crippen LogP contribution in [0.5, 0.6) is 0 Å². The van der Waals surface area contributed by atoms with E-state index in [4.69, 9.17) is 10.3 Å². The van der Waals surface area contributed by atoms with Crippen molar-refractivity contribution in [2.24, 2.45) is 5.28 Å². The smallest absolute Gasteiger partial charge is 0.332 e. The lowest BCUT2D eigenvalue weighted by Crippen LogP contribution is -2.40. The Labute approximate surface area is 68.0 Å². The van der Waals surface area contributed by atoms with E-state index in [0.717, 1.165) is 5.01 Å². The van der Waals surface area contributed by atoms with E-state index in [-0.39, 0.29) is 4.97 Å². The second-order valence-corrected chi connectivity index (χ2v) is 2.50. The Morgan fingerprint density at radius 2 is 2.42 bits per heavy atom. The van der Waals surface area contributed by atoms with E-state index in [1.54, 1.807) is 0 Å². The molecule has 68 valence electrons. The van der Waals surface area contributed by atoms with Crippen molar-refractivity contribution in [1.82, 2.24) is 5.01 Å². The van der Waals surface area contributed by atoms with Gasteiger partial charge in [0.25, 0.3) is 0 Å². The summed E-state index contributed by atoms with van der Waals surface area (Å²) in [6.45, 7) is 0.310. The molecule has 7 heteroatoms. The number of hydrogen-bond acceptors (Lipinski definition) is 3. The van der Waals surface area contributed by atoms with Crippen LogP contribution in [0.15, 0.2) is 5.28 Å². The third-order valence-electron chi connectivity index (χ3n) is 1.81. The van der Waals surface area contributed by atoms with E-state index in [1.807, 2.05) is 0 Å². The average molecular weight is 175 g/mol. The summed E-state index contributed by atoms with van der Waals surface area (Å²) in [6, 6.07) is -0.863. The number of aliphatic carboxylic acids is 1. The maximum Gasteiger partial charge on any atom is 0.332 e. The van der Waals surface area contributed by atoms with Crippen LogP contribution < -0.4 is 0 Å². The van der Waals surface area contributed by atoms with E-state index in [0.29, 0.717) is 19.4 Å². The van der Waals surface area contributed by atoms with Crippen molar-refractivity contribution in [3.8, 4) is 0 Å². The molecule has 0 spiro atoms. The predicted molar refractivity (Wildman–Crippen MR) is 35.2 cm³/mol. The molecule has 7 nitrogen and oxygen atoms in total. The van der Waals surface area contributed by atoms with Crippen molar-refractivity contribution in [2.75, 3.05) is 6.54 Å². The lowest BCUT2D eigenvalue weighted by Gasteiger charge is -2.15. The van der Waals surface area contributed by atoms with Crippen molar-refractivity contribution in [2.45, 2.75) is 18.9 Å². The first-order valence-corrected chi connectivity index (χ1v) is 3.48. The topological polar surface area (TPSA) is 99.2 Å². The van der Waals surface area contributed by atoms with Gasteiger partial charge in [0.2, 0.25) is 5.28 Å². The molecule has 1 heterocycles. The fraction of sp³-hybridized carbons (Fsp3) is 0.800. The Morgan fingerprint density at radius 1 is 1.75 bits per heavy atom. The van der Waals surface area contributed by atoms with Gasteiger partial charge in [0.1, 0.15) is 0 Å².